The molecule has 4 heteroatoms. The fraction of sp³-hybridized carbons (Fsp3) is 0.636. The van der Waals surface area contributed by atoms with Gasteiger partial charge in [-0.1, -0.05) is 6.92 Å². The number of hydrogen-bond acceptors (Lipinski definition) is 4. The third kappa shape index (κ3) is 2.09. The summed E-state index contributed by atoms with van der Waals surface area (Å²) in [4.78, 5) is 8.95. The van der Waals surface area contributed by atoms with E-state index in [1.54, 1.807) is 0 Å². The van der Waals surface area contributed by atoms with Crippen molar-refractivity contribution in [3.8, 4) is 5.88 Å². The van der Waals surface area contributed by atoms with Crippen molar-refractivity contribution in [1.29, 1.82) is 0 Å². The molecule has 0 saturated carbocycles. The largest absolute Gasteiger partial charge is 0.478 e. The minimum absolute atomic E-state index is 0.667. The number of aryl methyl sites for hydroxylation is 1. The van der Waals surface area contributed by atoms with E-state index in [0.29, 0.717) is 6.61 Å². The summed E-state index contributed by atoms with van der Waals surface area (Å²) in [6.07, 6.45) is 1.82. The normalized spacial score (nSPS) is 14.8. The van der Waals surface area contributed by atoms with Crippen molar-refractivity contribution in [2.75, 3.05) is 13.2 Å². The van der Waals surface area contributed by atoms with Crippen LogP contribution in [0.4, 0.5) is 0 Å². The summed E-state index contributed by atoms with van der Waals surface area (Å²) in [5, 5.41) is 3.32. The molecule has 0 bridgehead atoms. The second kappa shape index (κ2) is 4.57. The van der Waals surface area contributed by atoms with E-state index in [4.69, 9.17) is 4.74 Å². The number of nitrogens with zero attached hydrogens (tertiary/aromatic N) is 2. The van der Waals surface area contributed by atoms with Crippen molar-refractivity contribution >= 4 is 0 Å². The highest BCUT2D eigenvalue weighted by Gasteiger charge is 2.17. The molecule has 0 spiro atoms. The lowest BCUT2D eigenvalue weighted by atomic mass is 10.1. The van der Waals surface area contributed by atoms with E-state index in [-0.39, 0.29) is 0 Å². The van der Waals surface area contributed by atoms with Crippen LogP contribution in [0.1, 0.15) is 30.9 Å². The van der Waals surface area contributed by atoms with E-state index < -0.39 is 0 Å². The first-order valence-electron chi connectivity index (χ1n) is 5.57. The maximum absolute atomic E-state index is 5.57. The molecule has 0 radical (unpaired) electrons. The summed E-state index contributed by atoms with van der Waals surface area (Å²) in [6.45, 7) is 6.54. The fourth-order valence-corrected chi connectivity index (χ4v) is 1.79. The highest BCUT2D eigenvalue weighted by atomic mass is 16.5. The lowest BCUT2D eigenvalue weighted by molar-refractivity contribution is 0.318. The Morgan fingerprint density at radius 2 is 2.20 bits per heavy atom. The molecule has 0 fully saturated rings. The molecule has 0 aliphatic carbocycles. The molecule has 82 valence electrons. The lowest BCUT2D eigenvalue weighted by Gasteiger charge is -2.19. The first-order chi connectivity index (χ1) is 7.35. The molecule has 1 aliphatic heterocycles. The minimum Gasteiger partial charge on any atom is -0.478 e. The smallest absolute Gasteiger partial charge is 0.220 e. The molecule has 4 nitrogen and oxygen atoms in total. The molecule has 1 aromatic heterocycles. The van der Waals surface area contributed by atoms with Crippen molar-refractivity contribution in [1.82, 2.24) is 15.3 Å². The number of hydrogen-bond donors (Lipinski definition) is 1. The van der Waals surface area contributed by atoms with Gasteiger partial charge in [0.25, 0.3) is 0 Å². The van der Waals surface area contributed by atoms with Gasteiger partial charge in [-0.3, -0.25) is 0 Å². The van der Waals surface area contributed by atoms with Gasteiger partial charge < -0.3 is 10.1 Å². The summed E-state index contributed by atoms with van der Waals surface area (Å²) in [6, 6.07) is 0. The molecule has 1 N–H and O–H groups in total. The van der Waals surface area contributed by atoms with Crippen LogP contribution in [0.25, 0.3) is 0 Å². The maximum Gasteiger partial charge on any atom is 0.220 e. The topological polar surface area (TPSA) is 47.0 Å². The molecule has 0 amide bonds. The fourth-order valence-electron chi connectivity index (χ4n) is 1.79. The lowest BCUT2D eigenvalue weighted by Crippen LogP contribution is -2.26. The highest BCUT2D eigenvalue weighted by molar-refractivity contribution is 5.33. The predicted octanol–water partition coefficient (Wildman–Crippen LogP) is 1.08. The zero-order valence-electron chi connectivity index (χ0n) is 9.34. The van der Waals surface area contributed by atoms with Crippen LogP contribution in [-0.2, 0) is 19.4 Å². The Labute approximate surface area is 90.1 Å². The summed E-state index contributed by atoms with van der Waals surface area (Å²) in [7, 11) is 0. The quantitative estimate of drug-likeness (QED) is 0.805. The van der Waals surface area contributed by atoms with Crippen LogP contribution in [0.2, 0.25) is 0 Å². The highest BCUT2D eigenvalue weighted by Crippen LogP contribution is 2.22. The van der Waals surface area contributed by atoms with E-state index in [9.17, 15) is 0 Å². The van der Waals surface area contributed by atoms with Crippen molar-refractivity contribution in [2.24, 2.45) is 0 Å². The molecule has 1 aliphatic rings. The van der Waals surface area contributed by atoms with E-state index in [1.807, 2.05) is 6.92 Å². The van der Waals surface area contributed by atoms with Gasteiger partial charge in [-0.25, -0.2) is 4.98 Å². The monoisotopic (exact) mass is 207 g/mol. The van der Waals surface area contributed by atoms with Crippen LogP contribution in [0.5, 0.6) is 5.88 Å². The van der Waals surface area contributed by atoms with Crippen molar-refractivity contribution < 1.29 is 4.74 Å². The Morgan fingerprint density at radius 3 is 2.93 bits per heavy atom. The van der Waals surface area contributed by atoms with Gasteiger partial charge in [0.15, 0.2) is 0 Å². The van der Waals surface area contributed by atoms with E-state index >= 15 is 0 Å². The molecule has 0 atom stereocenters. The van der Waals surface area contributed by atoms with Gasteiger partial charge in [-0.05, 0) is 19.9 Å². The number of ether oxygens (including phenoxy) is 1. The van der Waals surface area contributed by atoms with Gasteiger partial charge in [0.2, 0.25) is 5.88 Å². The molecular formula is C11H17N3O. The summed E-state index contributed by atoms with van der Waals surface area (Å²) in [5.74, 6) is 1.67. The van der Waals surface area contributed by atoms with Crippen LogP contribution in [-0.4, -0.2) is 23.1 Å². The number of fused-ring (bicyclic) bond motifs is 1. The van der Waals surface area contributed by atoms with Gasteiger partial charge in [0, 0.05) is 18.5 Å². The third-order valence-corrected chi connectivity index (χ3v) is 2.54. The molecular weight excluding hydrogens is 190 g/mol. The van der Waals surface area contributed by atoms with Crippen LogP contribution >= 0.6 is 0 Å². The number of nitrogens with one attached hydrogen (secondary N) is 1. The predicted molar refractivity (Wildman–Crippen MR) is 58.0 cm³/mol. The summed E-state index contributed by atoms with van der Waals surface area (Å²) < 4.78 is 5.57. The maximum atomic E-state index is 5.57. The van der Waals surface area contributed by atoms with Gasteiger partial charge in [0.05, 0.1) is 12.3 Å². The van der Waals surface area contributed by atoms with Crippen molar-refractivity contribution in [3.05, 3.63) is 17.1 Å². The van der Waals surface area contributed by atoms with E-state index in [0.717, 1.165) is 43.3 Å². The summed E-state index contributed by atoms with van der Waals surface area (Å²) in [5.41, 5.74) is 2.30. The standard InChI is InChI=1S/C11H17N3O/c1-3-10-13-9-7-12-6-5-8(9)11(14-10)15-4-2/h12H,3-7H2,1-2H3. The van der Waals surface area contributed by atoms with Crippen LogP contribution in [0, 0.1) is 0 Å². The Morgan fingerprint density at radius 1 is 1.33 bits per heavy atom. The summed E-state index contributed by atoms with van der Waals surface area (Å²) >= 11 is 0. The molecule has 15 heavy (non-hydrogen) atoms. The van der Waals surface area contributed by atoms with Gasteiger partial charge >= 0.3 is 0 Å². The van der Waals surface area contributed by atoms with Crippen molar-refractivity contribution in [2.45, 2.75) is 33.2 Å². The molecule has 0 saturated heterocycles. The second-order valence-corrected chi connectivity index (χ2v) is 3.58. The van der Waals surface area contributed by atoms with E-state index in [1.165, 1.54) is 5.56 Å². The first-order valence-corrected chi connectivity index (χ1v) is 5.57. The Kier molecular flexibility index (Phi) is 3.16. The van der Waals surface area contributed by atoms with Crippen LogP contribution in [0.15, 0.2) is 0 Å². The average Bonchev–Trinajstić information content (AvgIpc) is 2.29. The zero-order chi connectivity index (χ0) is 10.7. The van der Waals surface area contributed by atoms with Crippen molar-refractivity contribution in [3.63, 3.8) is 0 Å². The Hall–Kier alpha value is -1.16. The van der Waals surface area contributed by atoms with Crippen LogP contribution in [0.3, 0.4) is 0 Å². The molecule has 0 unspecified atom stereocenters. The number of rotatable bonds is 3. The van der Waals surface area contributed by atoms with Crippen LogP contribution < -0.4 is 10.1 Å². The zero-order valence-corrected chi connectivity index (χ0v) is 9.34. The van der Waals surface area contributed by atoms with Gasteiger partial charge in [-0.2, -0.15) is 4.98 Å². The first kappa shape index (κ1) is 10.4. The molecule has 0 aromatic carbocycles. The van der Waals surface area contributed by atoms with Gasteiger partial charge in [-0.15, -0.1) is 0 Å². The average molecular weight is 207 g/mol. The van der Waals surface area contributed by atoms with E-state index in [2.05, 4.69) is 22.2 Å². The second-order valence-electron chi connectivity index (χ2n) is 3.58. The Balaban J connectivity index is 2.41. The molecule has 1 aromatic rings. The van der Waals surface area contributed by atoms with Gasteiger partial charge in [0.1, 0.15) is 5.82 Å². The number of aromatic nitrogens is 2. The molecule has 2 heterocycles. The third-order valence-electron chi connectivity index (χ3n) is 2.54. The molecule has 2 rings (SSSR count). The SMILES string of the molecule is CCOc1nc(CC)nc2c1CCNC2. The Bertz CT molecular complexity index is 352. The minimum atomic E-state index is 0.667.